The van der Waals surface area contributed by atoms with Crippen LogP contribution in [-0.2, 0) is 4.79 Å². The van der Waals surface area contributed by atoms with Crippen molar-refractivity contribution in [1.82, 2.24) is 0 Å². The molecule has 0 bridgehead atoms. The van der Waals surface area contributed by atoms with Crippen LogP contribution < -0.4 is 10.5 Å². The zero-order chi connectivity index (χ0) is 13.9. The van der Waals surface area contributed by atoms with E-state index in [1.165, 1.54) is 0 Å². The number of carboxylic acid groups (broad SMARTS) is 1. The number of aliphatic carboxylic acids is 1. The van der Waals surface area contributed by atoms with Gasteiger partial charge in [-0.3, -0.25) is 4.79 Å². The highest BCUT2D eigenvalue weighted by Crippen LogP contribution is 2.30. The van der Waals surface area contributed by atoms with Crippen LogP contribution in [0.3, 0.4) is 0 Å². The maximum absolute atomic E-state index is 10.7. The van der Waals surface area contributed by atoms with Gasteiger partial charge in [0.2, 0.25) is 0 Å². The molecule has 0 spiro atoms. The fourth-order valence-electron chi connectivity index (χ4n) is 2.10. The Hall–Kier alpha value is -1.55. The van der Waals surface area contributed by atoms with Crippen molar-refractivity contribution >= 4 is 5.97 Å². The number of hydrogen-bond acceptors (Lipinski definition) is 3. The lowest BCUT2D eigenvalue weighted by atomic mass is 9.89. The van der Waals surface area contributed by atoms with Crippen molar-refractivity contribution in [2.24, 2.45) is 11.7 Å². The number of aryl methyl sites for hydroxylation is 2. The molecular formula is C14H21NO3. The minimum absolute atomic E-state index is 0.0751. The average Bonchev–Trinajstić information content (AvgIpc) is 2.29. The Morgan fingerprint density at radius 3 is 2.50 bits per heavy atom. The van der Waals surface area contributed by atoms with Gasteiger partial charge in [0.25, 0.3) is 0 Å². The van der Waals surface area contributed by atoms with E-state index in [4.69, 9.17) is 15.6 Å². The molecule has 0 fully saturated rings. The normalized spacial score (nSPS) is 14.1. The standard InChI is InChI=1S/C14H21NO3/c1-8-6-12(18-4)9(2)5-11(8)14(15)10(3)7-13(16)17/h5-6,10,14H,7,15H2,1-4H3,(H,16,17). The van der Waals surface area contributed by atoms with Crippen LogP contribution in [0.25, 0.3) is 0 Å². The van der Waals surface area contributed by atoms with Crippen LogP contribution in [0.2, 0.25) is 0 Å². The number of benzene rings is 1. The van der Waals surface area contributed by atoms with Gasteiger partial charge in [-0.1, -0.05) is 13.0 Å². The van der Waals surface area contributed by atoms with Gasteiger partial charge >= 0.3 is 5.97 Å². The van der Waals surface area contributed by atoms with Gasteiger partial charge in [0, 0.05) is 12.5 Å². The van der Waals surface area contributed by atoms with Crippen LogP contribution in [0.15, 0.2) is 12.1 Å². The third-order valence-electron chi connectivity index (χ3n) is 3.25. The fraction of sp³-hybridized carbons (Fsp3) is 0.500. The van der Waals surface area contributed by atoms with Gasteiger partial charge in [-0.15, -0.1) is 0 Å². The van der Waals surface area contributed by atoms with Crippen LogP contribution in [0.5, 0.6) is 5.75 Å². The lowest BCUT2D eigenvalue weighted by Gasteiger charge is -2.22. The van der Waals surface area contributed by atoms with Crippen molar-refractivity contribution in [3.63, 3.8) is 0 Å². The van der Waals surface area contributed by atoms with E-state index in [0.717, 1.165) is 22.4 Å². The van der Waals surface area contributed by atoms with Crippen molar-refractivity contribution in [3.05, 3.63) is 28.8 Å². The largest absolute Gasteiger partial charge is 0.496 e. The topological polar surface area (TPSA) is 72.5 Å². The Morgan fingerprint density at radius 1 is 1.39 bits per heavy atom. The smallest absolute Gasteiger partial charge is 0.303 e. The number of nitrogens with two attached hydrogens (primary N) is 1. The minimum atomic E-state index is -0.819. The van der Waals surface area contributed by atoms with E-state index < -0.39 is 5.97 Å². The molecule has 2 unspecified atom stereocenters. The van der Waals surface area contributed by atoms with E-state index in [1.807, 2.05) is 32.9 Å². The van der Waals surface area contributed by atoms with E-state index in [1.54, 1.807) is 7.11 Å². The Kier molecular flexibility index (Phi) is 4.73. The number of methoxy groups -OCH3 is 1. The number of rotatable bonds is 5. The monoisotopic (exact) mass is 251 g/mol. The minimum Gasteiger partial charge on any atom is -0.496 e. The molecule has 1 rings (SSSR count). The molecule has 0 aliphatic rings. The number of carbonyl (C=O) groups is 1. The van der Waals surface area contributed by atoms with Crippen LogP contribution in [-0.4, -0.2) is 18.2 Å². The molecule has 0 saturated carbocycles. The molecule has 1 aromatic carbocycles. The predicted octanol–water partition coefficient (Wildman–Crippen LogP) is 2.42. The van der Waals surface area contributed by atoms with Gasteiger partial charge in [-0.25, -0.2) is 0 Å². The highest BCUT2D eigenvalue weighted by molar-refractivity contribution is 5.67. The summed E-state index contributed by atoms with van der Waals surface area (Å²) in [5.74, 6) is -0.0934. The maximum atomic E-state index is 10.7. The quantitative estimate of drug-likeness (QED) is 0.843. The average molecular weight is 251 g/mol. The number of hydrogen-bond donors (Lipinski definition) is 2. The van der Waals surface area contributed by atoms with Crippen LogP contribution in [0.1, 0.15) is 36.1 Å². The van der Waals surface area contributed by atoms with Gasteiger partial charge < -0.3 is 15.6 Å². The third kappa shape index (κ3) is 3.23. The summed E-state index contributed by atoms with van der Waals surface area (Å²) in [5, 5.41) is 8.81. The third-order valence-corrected chi connectivity index (χ3v) is 3.25. The molecule has 4 heteroatoms. The van der Waals surface area contributed by atoms with Gasteiger partial charge in [0.05, 0.1) is 7.11 Å². The van der Waals surface area contributed by atoms with Crippen molar-refractivity contribution in [3.8, 4) is 5.75 Å². The van der Waals surface area contributed by atoms with E-state index in [-0.39, 0.29) is 18.4 Å². The number of carboxylic acids is 1. The molecule has 18 heavy (non-hydrogen) atoms. The van der Waals surface area contributed by atoms with Crippen molar-refractivity contribution < 1.29 is 14.6 Å². The van der Waals surface area contributed by atoms with Gasteiger partial charge in [-0.2, -0.15) is 0 Å². The molecule has 4 nitrogen and oxygen atoms in total. The maximum Gasteiger partial charge on any atom is 0.303 e. The fourth-order valence-corrected chi connectivity index (χ4v) is 2.10. The van der Waals surface area contributed by atoms with E-state index in [9.17, 15) is 4.79 Å². The first kappa shape index (κ1) is 14.5. The first-order valence-corrected chi connectivity index (χ1v) is 5.99. The molecule has 1 aromatic rings. The van der Waals surface area contributed by atoms with Crippen molar-refractivity contribution in [1.29, 1.82) is 0 Å². The molecular weight excluding hydrogens is 230 g/mol. The molecule has 100 valence electrons. The molecule has 0 amide bonds. The van der Waals surface area contributed by atoms with E-state index in [0.29, 0.717) is 0 Å². The summed E-state index contributed by atoms with van der Waals surface area (Å²) in [6.45, 7) is 5.78. The summed E-state index contributed by atoms with van der Waals surface area (Å²) in [5.41, 5.74) is 9.17. The Balaban J connectivity index is 3.02. The number of ether oxygens (including phenoxy) is 1. The zero-order valence-electron chi connectivity index (χ0n) is 11.4. The van der Waals surface area contributed by atoms with E-state index >= 15 is 0 Å². The molecule has 0 aliphatic heterocycles. The summed E-state index contributed by atoms with van der Waals surface area (Å²) >= 11 is 0. The highest BCUT2D eigenvalue weighted by atomic mass is 16.5. The summed E-state index contributed by atoms with van der Waals surface area (Å²) in [6.07, 6.45) is 0.0751. The van der Waals surface area contributed by atoms with Gasteiger partial charge in [0.15, 0.2) is 0 Å². The second kappa shape index (κ2) is 5.87. The summed E-state index contributed by atoms with van der Waals surface area (Å²) in [7, 11) is 1.63. The molecule has 0 aliphatic carbocycles. The Morgan fingerprint density at radius 2 is 2.00 bits per heavy atom. The van der Waals surface area contributed by atoms with Crippen LogP contribution in [0.4, 0.5) is 0 Å². The predicted molar refractivity (Wildman–Crippen MR) is 70.8 cm³/mol. The summed E-state index contributed by atoms with van der Waals surface area (Å²) < 4.78 is 5.25. The summed E-state index contributed by atoms with van der Waals surface area (Å²) in [4.78, 5) is 10.7. The van der Waals surface area contributed by atoms with Crippen LogP contribution >= 0.6 is 0 Å². The Bertz CT molecular complexity index is 443. The molecule has 0 aromatic heterocycles. The molecule has 0 heterocycles. The molecule has 2 atom stereocenters. The SMILES string of the molecule is COc1cc(C)c(C(N)C(C)CC(=O)O)cc1C. The van der Waals surface area contributed by atoms with Crippen molar-refractivity contribution in [2.45, 2.75) is 33.2 Å². The lowest BCUT2D eigenvalue weighted by molar-refractivity contribution is -0.138. The van der Waals surface area contributed by atoms with Crippen LogP contribution in [0, 0.1) is 19.8 Å². The lowest BCUT2D eigenvalue weighted by Crippen LogP contribution is -2.22. The Labute approximate surface area is 108 Å². The molecule has 0 saturated heterocycles. The molecule has 3 N–H and O–H groups in total. The first-order chi connectivity index (χ1) is 8.36. The second-order valence-corrected chi connectivity index (χ2v) is 4.78. The molecule has 0 radical (unpaired) electrons. The highest BCUT2D eigenvalue weighted by Gasteiger charge is 2.20. The van der Waals surface area contributed by atoms with Gasteiger partial charge in [-0.05, 0) is 42.5 Å². The van der Waals surface area contributed by atoms with E-state index in [2.05, 4.69) is 0 Å². The van der Waals surface area contributed by atoms with Gasteiger partial charge in [0.1, 0.15) is 5.75 Å². The second-order valence-electron chi connectivity index (χ2n) is 4.78. The first-order valence-electron chi connectivity index (χ1n) is 5.99. The zero-order valence-corrected chi connectivity index (χ0v) is 11.4. The van der Waals surface area contributed by atoms with Crippen molar-refractivity contribution in [2.75, 3.05) is 7.11 Å². The summed E-state index contributed by atoms with van der Waals surface area (Å²) in [6, 6.07) is 3.65.